The van der Waals surface area contributed by atoms with Gasteiger partial charge in [-0.25, -0.2) is 4.79 Å². The first-order valence-electron chi connectivity index (χ1n) is 7.14. The number of ether oxygens (including phenoxy) is 2. The number of halogens is 1. The van der Waals surface area contributed by atoms with Crippen LogP contribution in [0.5, 0.6) is 5.75 Å². The fourth-order valence-corrected chi connectivity index (χ4v) is 2.77. The Labute approximate surface area is 139 Å². The Bertz CT molecular complexity index is 856. The van der Waals surface area contributed by atoms with Crippen LogP contribution in [0.4, 0.5) is 0 Å². The maximum absolute atomic E-state index is 11.8. The lowest BCUT2D eigenvalue weighted by Crippen LogP contribution is -2.06. The Morgan fingerprint density at radius 2 is 1.91 bits per heavy atom. The number of nitrogens with zero attached hydrogens (tertiary/aromatic N) is 1. The molecule has 0 aliphatic rings. The maximum atomic E-state index is 11.8. The molecule has 0 aliphatic carbocycles. The molecule has 0 amide bonds. The standard InChI is InChI=1S/C18H16ClNO3/c1-20-14-8-9-16(23-11-12-6-4-3-5-7-12)17(19)13(14)10-15(20)18(21)22-2/h3-10H,11H2,1-2H3. The zero-order chi connectivity index (χ0) is 16.4. The highest BCUT2D eigenvalue weighted by Gasteiger charge is 2.17. The molecule has 3 rings (SSSR count). The van der Waals surface area contributed by atoms with Crippen molar-refractivity contribution >= 4 is 28.5 Å². The van der Waals surface area contributed by atoms with Gasteiger partial charge in [-0.05, 0) is 23.8 Å². The number of esters is 1. The Kier molecular flexibility index (Phi) is 4.26. The molecule has 4 nitrogen and oxygen atoms in total. The summed E-state index contributed by atoms with van der Waals surface area (Å²) < 4.78 is 12.4. The van der Waals surface area contributed by atoms with Gasteiger partial charge < -0.3 is 14.0 Å². The first-order chi connectivity index (χ1) is 11.1. The van der Waals surface area contributed by atoms with Gasteiger partial charge in [0.15, 0.2) is 0 Å². The summed E-state index contributed by atoms with van der Waals surface area (Å²) in [5.74, 6) is 0.191. The summed E-state index contributed by atoms with van der Waals surface area (Å²) in [5.41, 5.74) is 2.36. The summed E-state index contributed by atoms with van der Waals surface area (Å²) in [7, 11) is 3.16. The highest BCUT2D eigenvalue weighted by molar-refractivity contribution is 6.37. The largest absolute Gasteiger partial charge is 0.487 e. The third-order valence-electron chi connectivity index (χ3n) is 3.76. The van der Waals surface area contributed by atoms with E-state index in [4.69, 9.17) is 21.1 Å². The summed E-state index contributed by atoms with van der Waals surface area (Å²) in [6.45, 7) is 0.433. The molecule has 23 heavy (non-hydrogen) atoms. The van der Waals surface area contributed by atoms with E-state index in [9.17, 15) is 4.79 Å². The molecule has 0 bridgehead atoms. The van der Waals surface area contributed by atoms with Crippen molar-refractivity contribution in [2.75, 3.05) is 7.11 Å². The van der Waals surface area contributed by atoms with Gasteiger partial charge in [0.1, 0.15) is 18.1 Å². The monoisotopic (exact) mass is 329 g/mol. The summed E-state index contributed by atoms with van der Waals surface area (Å²) in [5, 5.41) is 1.25. The van der Waals surface area contributed by atoms with Crippen LogP contribution >= 0.6 is 11.6 Å². The highest BCUT2D eigenvalue weighted by Crippen LogP contribution is 2.35. The van der Waals surface area contributed by atoms with Crippen molar-refractivity contribution in [3.63, 3.8) is 0 Å². The second-order valence-corrected chi connectivity index (χ2v) is 5.54. The lowest BCUT2D eigenvalue weighted by molar-refractivity contribution is 0.0590. The molecule has 1 heterocycles. The first kappa shape index (κ1) is 15.4. The van der Waals surface area contributed by atoms with E-state index in [2.05, 4.69) is 0 Å². The van der Waals surface area contributed by atoms with Crippen molar-refractivity contribution < 1.29 is 14.3 Å². The number of methoxy groups -OCH3 is 1. The fourth-order valence-electron chi connectivity index (χ4n) is 2.50. The van der Waals surface area contributed by atoms with E-state index < -0.39 is 5.97 Å². The molecular formula is C18H16ClNO3. The molecule has 1 aromatic heterocycles. The van der Waals surface area contributed by atoms with Gasteiger partial charge in [0.25, 0.3) is 0 Å². The zero-order valence-corrected chi connectivity index (χ0v) is 13.6. The summed E-state index contributed by atoms with van der Waals surface area (Å²) in [4.78, 5) is 11.8. The zero-order valence-electron chi connectivity index (χ0n) is 12.9. The van der Waals surface area contributed by atoms with Crippen molar-refractivity contribution in [2.45, 2.75) is 6.61 Å². The average molecular weight is 330 g/mol. The third-order valence-corrected chi connectivity index (χ3v) is 4.15. The molecule has 0 saturated heterocycles. The van der Waals surface area contributed by atoms with Crippen LogP contribution in [0.25, 0.3) is 10.9 Å². The topological polar surface area (TPSA) is 40.5 Å². The molecule has 2 aromatic carbocycles. The molecule has 0 aliphatic heterocycles. The number of carbonyl (C=O) groups is 1. The van der Waals surface area contributed by atoms with Gasteiger partial charge in [-0.2, -0.15) is 0 Å². The van der Waals surface area contributed by atoms with Crippen LogP contribution in [-0.4, -0.2) is 17.6 Å². The van der Waals surface area contributed by atoms with Crippen molar-refractivity contribution in [1.29, 1.82) is 0 Å². The van der Waals surface area contributed by atoms with Gasteiger partial charge in [0, 0.05) is 12.4 Å². The quantitative estimate of drug-likeness (QED) is 0.674. The minimum Gasteiger partial charge on any atom is -0.487 e. The molecule has 0 fully saturated rings. The molecule has 0 saturated carbocycles. The SMILES string of the molecule is COC(=O)c1cc2c(Cl)c(OCc3ccccc3)ccc2n1C. The van der Waals surface area contributed by atoms with Crippen LogP contribution in [0.1, 0.15) is 16.1 Å². The summed E-state index contributed by atoms with van der Waals surface area (Å²) in [6, 6.07) is 15.3. The van der Waals surface area contributed by atoms with Crippen LogP contribution < -0.4 is 4.74 Å². The Morgan fingerprint density at radius 1 is 1.17 bits per heavy atom. The molecule has 0 N–H and O–H groups in total. The molecule has 0 radical (unpaired) electrons. The number of aryl methyl sites for hydroxylation is 1. The van der Waals surface area contributed by atoms with Crippen molar-refractivity contribution in [3.05, 3.63) is 64.8 Å². The number of fused-ring (bicyclic) bond motifs is 1. The van der Waals surface area contributed by atoms with Gasteiger partial charge in [-0.1, -0.05) is 41.9 Å². The van der Waals surface area contributed by atoms with Crippen molar-refractivity contribution in [1.82, 2.24) is 4.57 Å². The Balaban J connectivity index is 1.94. The van der Waals surface area contributed by atoms with E-state index in [1.54, 1.807) is 17.7 Å². The third kappa shape index (κ3) is 2.90. The van der Waals surface area contributed by atoms with Gasteiger partial charge in [0.05, 0.1) is 17.6 Å². The van der Waals surface area contributed by atoms with E-state index in [1.165, 1.54) is 7.11 Å². The number of benzene rings is 2. The van der Waals surface area contributed by atoms with E-state index >= 15 is 0 Å². The lowest BCUT2D eigenvalue weighted by Gasteiger charge is -2.09. The summed E-state index contributed by atoms with van der Waals surface area (Å²) in [6.07, 6.45) is 0. The van der Waals surface area contributed by atoms with Gasteiger partial charge in [-0.3, -0.25) is 0 Å². The molecule has 0 spiro atoms. The minimum absolute atomic E-state index is 0.397. The number of hydrogen-bond acceptors (Lipinski definition) is 3. The van der Waals surface area contributed by atoms with E-state index in [-0.39, 0.29) is 0 Å². The van der Waals surface area contributed by atoms with Crippen LogP contribution in [0, 0.1) is 0 Å². The Hall–Kier alpha value is -2.46. The highest BCUT2D eigenvalue weighted by atomic mass is 35.5. The summed E-state index contributed by atoms with van der Waals surface area (Å²) >= 11 is 6.45. The minimum atomic E-state index is -0.397. The second-order valence-electron chi connectivity index (χ2n) is 5.16. The molecule has 118 valence electrons. The van der Waals surface area contributed by atoms with E-state index in [1.807, 2.05) is 42.5 Å². The van der Waals surface area contributed by atoms with Crippen LogP contribution in [0.3, 0.4) is 0 Å². The van der Waals surface area contributed by atoms with Crippen LogP contribution in [0.2, 0.25) is 5.02 Å². The van der Waals surface area contributed by atoms with Gasteiger partial charge >= 0.3 is 5.97 Å². The van der Waals surface area contributed by atoms with E-state index in [0.29, 0.717) is 23.1 Å². The molecule has 0 unspecified atom stereocenters. The molecule has 5 heteroatoms. The van der Waals surface area contributed by atoms with Gasteiger partial charge in [0.2, 0.25) is 0 Å². The van der Waals surface area contributed by atoms with Gasteiger partial charge in [-0.15, -0.1) is 0 Å². The number of hydrogen-bond donors (Lipinski definition) is 0. The molecule has 0 atom stereocenters. The number of aromatic nitrogens is 1. The Morgan fingerprint density at radius 3 is 2.61 bits per heavy atom. The fraction of sp³-hybridized carbons (Fsp3) is 0.167. The second kappa shape index (κ2) is 6.34. The normalized spacial score (nSPS) is 10.7. The average Bonchev–Trinajstić information content (AvgIpc) is 2.92. The van der Waals surface area contributed by atoms with Crippen LogP contribution in [-0.2, 0) is 18.4 Å². The van der Waals surface area contributed by atoms with E-state index in [0.717, 1.165) is 16.5 Å². The number of rotatable bonds is 4. The smallest absolute Gasteiger partial charge is 0.354 e. The molecule has 3 aromatic rings. The van der Waals surface area contributed by atoms with Crippen molar-refractivity contribution in [3.8, 4) is 5.75 Å². The number of carbonyl (C=O) groups excluding carboxylic acids is 1. The molecular weight excluding hydrogens is 314 g/mol. The maximum Gasteiger partial charge on any atom is 0.354 e. The van der Waals surface area contributed by atoms with Crippen LogP contribution in [0.15, 0.2) is 48.5 Å². The lowest BCUT2D eigenvalue weighted by atomic mass is 10.2. The van der Waals surface area contributed by atoms with Crippen molar-refractivity contribution in [2.24, 2.45) is 7.05 Å². The predicted octanol–water partition coefficient (Wildman–Crippen LogP) is 4.20. The first-order valence-corrected chi connectivity index (χ1v) is 7.52. The predicted molar refractivity (Wildman–Crippen MR) is 90.0 cm³/mol.